The Kier molecular flexibility index (Phi) is 4.55. The van der Waals surface area contributed by atoms with Crippen molar-refractivity contribution in [1.82, 2.24) is 5.32 Å². The molecule has 0 spiro atoms. The Morgan fingerprint density at radius 1 is 1.56 bits per heavy atom. The van der Waals surface area contributed by atoms with Crippen LogP contribution in [-0.4, -0.2) is 29.5 Å². The van der Waals surface area contributed by atoms with Gasteiger partial charge in [-0.25, -0.2) is 4.99 Å². The lowest BCUT2D eigenvalue weighted by Crippen LogP contribution is -2.12. The number of amidine groups is 1. The van der Waals surface area contributed by atoms with Crippen LogP contribution in [0.25, 0.3) is 0 Å². The number of phenolic OH excluding ortho intramolecular Hbond substituents is 1. The minimum absolute atomic E-state index is 0.243. The van der Waals surface area contributed by atoms with Crippen molar-refractivity contribution in [2.24, 2.45) is 4.99 Å². The topological polar surface area (TPSA) is 123 Å². The van der Waals surface area contributed by atoms with Gasteiger partial charge in [0.05, 0.1) is 5.69 Å². The molecule has 9 heteroatoms. The minimum atomic E-state index is -4.47. The van der Waals surface area contributed by atoms with Crippen molar-refractivity contribution in [2.75, 3.05) is 6.26 Å². The summed E-state index contributed by atoms with van der Waals surface area (Å²) >= 11 is 1.17. The highest BCUT2D eigenvalue weighted by Gasteiger charge is 2.15. The summed E-state index contributed by atoms with van der Waals surface area (Å²) in [5.41, 5.74) is 0.243. The third-order valence-electron chi connectivity index (χ3n) is 1.81. The van der Waals surface area contributed by atoms with Crippen LogP contribution in [0.4, 0.5) is 5.69 Å². The Hall–Kier alpha value is -1.76. The summed E-state index contributed by atoms with van der Waals surface area (Å²) in [5.74, 6) is -0.615. The number of thioether (sulfide) groups is 1. The zero-order valence-corrected chi connectivity index (χ0v) is 10.8. The maximum Gasteiger partial charge on any atom is 0.298 e. The van der Waals surface area contributed by atoms with Gasteiger partial charge < -0.3 is 5.11 Å². The molecule has 0 aromatic heterocycles. The molecule has 7 nitrogen and oxygen atoms in total. The van der Waals surface area contributed by atoms with Gasteiger partial charge in [-0.05, 0) is 18.4 Å². The third kappa shape index (κ3) is 3.63. The zero-order chi connectivity index (χ0) is 13.8. The van der Waals surface area contributed by atoms with Gasteiger partial charge in [0.25, 0.3) is 10.1 Å². The summed E-state index contributed by atoms with van der Waals surface area (Å²) in [7, 11) is -4.47. The van der Waals surface area contributed by atoms with E-state index < -0.39 is 20.8 Å². The monoisotopic (exact) mass is 287 g/mol. The minimum Gasteiger partial charge on any atom is -0.506 e. The van der Waals surface area contributed by atoms with Gasteiger partial charge in [-0.2, -0.15) is 13.7 Å². The van der Waals surface area contributed by atoms with E-state index in [9.17, 15) is 13.5 Å². The number of phenols is 1. The summed E-state index contributed by atoms with van der Waals surface area (Å²) < 4.78 is 30.5. The van der Waals surface area contributed by atoms with Gasteiger partial charge in [0, 0.05) is 6.07 Å². The third-order valence-corrected chi connectivity index (χ3v) is 3.29. The quantitative estimate of drug-likeness (QED) is 0.244. The van der Waals surface area contributed by atoms with Gasteiger partial charge >= 0.3 is 0 Å². The molecule has 0 aliphatic rings. The van der Waals surface area contributed by atoms with Crippen molar-refractivity contribution < 1.29 is 18.1 Å². The number of benzene rings is 1. The average Bonchev–Trinajstić information content (AvgIpc) is 2.26. The van der Waals surface area contributed by atoms with Crippen LogP contribution in [0, 0.1) is 11.5 Å². The molecule has 0 atom stereocenters. The second kappa shape index (κ2) is 5.72. The van der Waals surface area contributed by atoms with Crippen LogP contribution in [0.1, 0.15) is 0 Å². The maximum atomic E-state index is 10.8. The molecule has 0 fully saturated rings. The first-order chi connectivity index (χ1) is 8.38. The highest BCUT2D eigenvalue weighted by atomic mass is 32.2. The fourth-order valence-electron chi connectivity index (χ4n) is 1.08. The Morgan fingerprint density at radius 3 is 2.67 bits per heavy atom. The fourth-order valence-corrected chi connectivity index (χ4v) is 1.99. The van der Waals surface area contributed by atoms with E-state index >= 15 is 0 Å². The molecular formula is C9H9N3O4S2. The van der Waals surface area contributed by atoms with Crippen molar-refractivity contribution in [3.8, 4) is 11.9 Å². The van der Waals surface area contributed by atoms with Crippen molar-refractivity contribution in [3.63, 3.8) is 0 Å². The van der Waals surface area contributed by atoms with Gasteiger partial charge in [-0.3, -0.25) is 9.87 Å². The van der Waals surface area contributed by atoms with Crippen LogP contribution in [0.2, 0.25) is 0 Å². The van der Waals surface area contributed by atoms with E-state index in [0.29, 0.717) is 0 Å². The van der Waals surface area contributed by atoms with Crippen LogP contribution < -0.4 is 5.32 Å². The van der Waals surface area contributed by atoms with Crippen LogP contribution in [-0.2, 0) is 10.1 Å². The van der Waals surface area contributed by atoms with Crippen molar-refractivity contribution in [2.45, 2.75) is 4.90 Å². The van der Waals surface area contributed by atoms with Crippen LogP contribution >= 0.6 is 11.8 Å². The number of rotatable bonds is 2. The van der Waals surface area contributed by atoms with Crippen molar-refractivity contribution in [1.29, 1.82) is 5.26 Å². The van der Waals surface area contributed by atoms with Gasteiger partial charge in [0.15, 0.2) is 11.4 Å². The van der Waals surface area contributed by atoms with E-state index in [1.54, 1.807) is 12.4 Å². The summed E-state index contributed by atoms with van der Waals surface area (Å²) in [6.07, 6.45) is 3.38. The summed E-state index contributed by atoms with van der Waals surface area (Å²) in [6, 6.07) is 3.38. The Morgan fingerprint density at radius 2 is 2.22 bits per heavy atom. The van der Waals surface area contributed by atoms with Crippen LogP contribution in [0.3, 0.4) is 0 Å². The number of nitriles is 1. The van der Waals surface area contributed by atoms with Gasteiger partial charge in [0.1, 0.15) is 10.6 Å². The zero-order valence-electron chi connectivity index (χ0n) is 9.15. The summed E-state index contributed by atoms with van der Waals surface area (Å²) in [4.78, 5) is 3.36. The molecule has 0 radical (unpaired) electrons. The lowest BCUT2D eigenvalue weighted by atomic mass is 10.3. The molecule has 0 heterocycles. The number of aliphatic imine (C=N–C) groups is 1. The molecule has 1 rings (SSSR count). The molecule has 96 valence electrons. The first-order valence-electron chi connectivity index (χ1n) is 4.46. The van der Waals surface area contributed by atoms with E-state index in [1.165, 1.54) is 17.8 Å². The molecule has 0 saturated carbocycles. The molecule has 0 saturated heterocycles. The molecule has 1 aromatic rings. The maximum absolute atomic E-state index is 10.8. The number of hydrogen-bond donors (Lipinski definition) is 3. The Balaban J connectivity index is 3.17. The smallest absolute Gasteiger partial charge is 0.298 e. The second-order valence-electron chi connectivity index (χ2n) is 2.98. The largest absolute Gasteiger partial charge is 0.506 e. The Bertz CT molecular complexity index is 619. The van der Waals surface area contributed by atoms with E-state index in [4.69, 9.17) is 9.81 Å². The molecule has 0 aliphatic heterocycles. The lowest BCUT2D eigenvalue weighted by molar-refractivity contribution is 0.443. The normalized spacial score (nSPS) is 11.9. The predicted molar refractivity (Wildman–Crippen MR) is 67.3 cm³/mol. The molecule has 18 heavy (non-hydrogen) atoms. The van der Waals surface area contributed by atoms with E-state index in [0.717, 1.165) is 12.1 Å². The number of aromatic hydroxyl groups is 1. The van der Waals surface area contributed by atoms with Gasteiger partial charge in [-0.1, -0.05) is 11.8 Å². The molecule has 0 bridgehead atoms. The molecule has 0 unspecified atom stereocenters. The number of nitrogens with one attached hydrogen (secondary N) is 1. The van der Waals surface area contributed by atoms with E-state index in [-0.39, 0.29) is 10.9 Å². The first kappa shape index (κ1) is 14.3. The molecule has 3 N–H and O–H groups in total. The van der Waals surface area contributed by atoms with Gasteiger partial charge in [0.2, 0.25) is 0 Å². The average molecular weight is 287 g/mol. The standard InChI is InChI=1S/C9H9N3O4S2/c1-17-9(11-5-10)12-6-2-3-8(7(13)4-6)18(14,15)16/h2-4,13H,1H3,(H,11,12)(H,14,15,16). The fraction of sp³-hybridized carbons (Fsp3) is 0.111. The summed E-state index contributed by atoms with van der Waals surface area (Å²) in [5, 5.41) is 20.5. The Labute approximate surface area is 108 Å². The van der Waals surface area contributed by atoms with Gasteiger partial charge in [-0.15, -0.1) is 0 Å². The highest BCUT2D eigenvalue weighted by molar-refractivity contribution is 8.13. The molecule has 0 aliphatic carbocycles. The SMILES string of the molecule is CSC(=Nc1ccc(S(=O)(=O)O)c(O)c1)NC#N. The molecular weight excluding hydrogens is 278 g/mol. The first-order valence-corrected chi connectivity index (χ1v) is 7.13. The van der Waals surface area contributed by atoms with Crippen LogP contribution in [0.15, 0.2) is 28.1 Å². The number of hydrogen-bond acceptors (Lipinski definition) is 6. The molecule has 1 aromatic carbocycles. The lowest BCUT2D eigenvalue weighted by Gasteiger charge is -2.03. The van der Waals surface area contributed by atoms with E-state index in [1.807, 2.05) is 0 Å². The second-order valence-corrected chi connectivity index (χ2v) is 5.17. The molecule has 0 amide bonds. The van der Waals surface area contributed by atoms with Crippen molar-refractivity contribution in [3.05, 3.63) is 18.2 Å². The van der Waals surface area contributed by atoms with Crippen LogP contribution in [0.5, 0.6) is 5.75 Å². The van der Waals surface area contributed by atoms with Crippen molar-refractivity contribution >= 4 is 32.7 Å². The highest BCUT2D eigenvalue weighted by Crippen LogP contribution is 2.27. The number of nitrogens with zero attached hydrogens (tertiary/aromatic N) is 2. The van der Waals surface area contributed by atoms with E-state index in [2.05, 4.69) is 10.3 Å². The summed E-state index contributed by atoms with van der Waals surface area (Å²) in [6.45, 7) is 0. The predicted octanol–water partition coefficient (Wildman–Crippen LogP) is 1.06.